The van der Waals surface area contributed by atoms with Gasteiger partial charge in [0.15, 0.2) is 0 Å². The Morgan fingerprint density at radius 1 is 1.09 bits per heavy atom. The number of hydrogen-bond donors (Lipinski definition) is 1. The fourth-order valence-electron chi connectivity index (χ4n) is 4.14. The third kappa shape index (κ3) is 1.94. The van der Waals surface area contributed by atoms with Crippen molar-refractivity contribution in [2.45, 2.75) is 19.4 Å². The molecule has 4 nitrogen and oxygen atoms in total. The molecule has 2 bridgehead atoms. The fourth-order valence-corrected chi connectivity index (χ4v) is 4.14. The number of nitrogens with zero attached hydrogens (tertiary/aromatic N) is 2. The van der Waals surface area contributed by atoms with Gasteiger partial charge in [-0.25, -0.2) is 0 Å². The van der Waals surface area contributed by atoms with Gasteiger partial charge in [-0.05, 0) is 60.0 Å². The van der Waals surface area contributed by atoms with E-state index in [0.29, 0.717) is 5.92 Å². The zero-order valence-corrected chi connectivity index (χ0v) is 13.0. The summed E-state index contributed by atoms with van der Waals surface area (Å²) in [6.45, 7) is 3.05. The van der Waals surface area contributed by atoms with Gasteiger partial charge in [-0.2, -0.15) is 0 Å². The van der Waals surface area contributed by atoms with Crippen LogP contribution >= 0.6 is 0 Å². The Hall–Kier alpha value is -2.49. The molecular formula is C19H19N3O. The first-order valence-corrected chi connectivity index (χ1v) is 8.36. The molecule has 5 rings (SSSR count). The van der Waals surface area contributed by atoms with Crippen LogP contribution in [0.25, 0.3) is 22.0 Å². The van der Waals surface area contributed by atoms with E-state index in [0.717, 1.165) is 47.5 Å². The molecule has 0 radical (unpaired) electrons. The summed E-state index contributed by atoms with van der Waals surface area (Å²) in [5, 5.41) is 1.14. The van der Waals surface area contributed by atoms with Crippen molar-refractivity contribution < 1.29 is 0 Å². The maximum Gasteiger partial charge on any atom is 0.259 e. The molecule has 1 unspecified atom stereocenters. The number of anilines is 1. The molecule has 0 amide bonds. The summed E-state index contributed by atoms with van der Waals surface area (Å²) >= 11 is 0. The number of H-pyrrole nitrogens is 1. The van der Waals surface area contributed by atoms with Gasteiger partial charge in [0.2, 0.25) is 0 Å². The average Bonchev–Trinajstić information content (AvgIpc) is 3.04. The zero-order chi connectivity index (χ0) is 15.4. The minimum atomic E-state index is 0.147. The largest absolute Gasteiger partial charge is 0.361 e. The van der Waals surface area contributed by atoms with Crippen LogP contribution in [0.5, 0.6) is 0 Å². The van der Waals surface area contributed by atoms with Crippen molar-refractivity contribution in [3.8, 4) is 11.1 Å². The SMILES string of the molecule is O=c1c(-c2ccc3[nH]ccc3c2)ccc2n1CC1CCCN2C1. The topological polar surface area (TPSA) is 41.0 Å². The van der Waals surface area contributed by atoms with Crippen LogP contribution in [0.3, 0.4) is 0 Å². The molecule has 0 spiro atoms. The van der Waals surface area contributed by atoms with E-state index in [9.17, 15) is 4.79 Å². The van der Waals surface area contributed by atoms with Gasteiger partial charge >= 0.3 is 0 Å². The first kappa shape index (κ1) is 13.0. The van der Waals surface area contributed by atoms with Gasteiger partial charge in [0.1, 0.15) is 5.82 Å². The highest BCUT2D eigenvalue weighted by Crippen LogP contribution is 2.31. The molecule has 116 valence electrons. The summed E-state index contributed by atoms with van der Waals surface area (Å²) in [7, 11) is 0. The Morgan fingerprint density at radius 3 is 3.00 bits per heavy atom. The minimum absolute atomic E-state index is 0.147. The van der Waals surface area contributed by atoms with Crippen molar-refractivity contribution in [1.82, 2.24) is 9.55 Å². The third-order valence-corrected chi connectivity index (χ3v) is 5.30. The number of hydrogen-bond acceptors (Lipinski definition) is 2. The maximum atomic E-state index is 13.0. The van der Waals surface area contributed by atoms with E-state index in [-0.39, 0.29) is 5.56 Å². The van der Waals surface area contributed by atoms with Gasteiger partial charge in [0.05, 0.1) is 0 Å². The number of aromatic nitrogens is 2. The predicted molar refractivity (Wildman–Crippen MR) is 92.9 cm³/mol. The monoisotopic (exact) mass is 305 g/mol. The van der Waals surface area contributed by atoms with Gasteiger partial charge in [-0.1, -0.05) is 6.07 Å². The zero-order valence-electron chi connectivity index (χ0n) is 13.0. The molecule has 1 aromatic carbocycles. The normalized spacial score (nSPS) is 19.8. The molecule has 2 aromatic heterocycles. The fraction of sp³-hybridized carbons (Fsp3) is 0.316. The molecule has 2 aliphatic rings. The lowest BCUT2D eigenvalue weighted by Gasteiger charge is -2.41. The molecular weight excluding hydrogens is 286 g/mol. The summed E-state index contributed by atoms with van der Waals surface area (Å²) < 4.78 is 1.99. The van der Waals surface area contributed by atoms with E-state index >= 15 is 0 Å². The molecule has 4 heterocycles. The molecule has 1 saturated heterocycles. The van der Waals surface area contributed by atoms with Crippen LogP contribution in [0.4, 0.5) is 5.82 Å². The van der Waals surface area contributed by atoms with Crippen LogP contribution in [0, 0.1) is 5.92 Å². The maximum absolute atomic E-state index is 13.0. The Labute approximate surface area is 134 Å². The van der Waals surface area contributed by atoms with Gasteiger partial charge in [-0.3, -0.25) is 9.36 Å². The van der Waals surface area contributed by atoms with Crippen LogP contribution in [0.15, 0.2) is 47.4 Å². The second-order valence-electron chi connectivity index (χ2n) is 6.75. The third-order valence-electron chi connectivity index (χ3n) is 5.30. The van der Waals surface area contributed by atoms with Crippen molar-refractivity contribution in [3.05, 3.63) is 52.9 Å². The lowest BCUT2D eigenvalue weighted by Crippen LogP contribution is -2.46. The number of pyridine rings is 1. The second kappa shape index (κ2) is 4.75. The standard InChI is InChI=1S/C19H19N3O/c23-19-16(14-3-5-17-15(10-14)7-8-20-17)4-6-18-21-9-1-2-13(11-21)12-22(18)19/h3-8,10,13,20H,1-2,9,11-12H2. The van der Waals surface area contributed by atoms with Crippen LogP contribution in [0.2, 0.25) is 0 Å². The van der Waals surface area contributed by atoms with Crippen molar-refractivity contribution in [1.29, 1.82) is 0 Å². The Morgan fingerprint density at radius 2 is 2.04 bits per heavy atom. The number of rotatable bonds is 1. The lowest BCUT2D eigenvalue weighted by molar-refractivity contribution is 0.329. The van der Waals surface area contributed by atoms with Crippen LogP contribution in [-0.2, 0) is 6.54 Å². The first-order valence-electron chi connectivity index (χ1n) is 8.36. The first-order chi connectivity index (χ1) is 11.3. The Bertz CT molecular complexity index is 953. The molecule has 3 aromatic rings. The van der Waals surface area contributed by atoms with E-state index in [1.807, 2.05) is 35.0 Å². The molecule has 0 aliphatic carbocycles. The van der Waals surface area contributed by atoms with E-state index in [1.165, 1.54) is 12.8 Å². The molecule has 4 heteroatoms. The summed E-state index contributed by atoms with van der Waals surface area (Å²) in [5.74, 6) is 1.72. The number of benzene rings is 1. The quantitative estimate of drug-likeness (QED) is 0.750. The predicted octanol–water partition coefficient (Wildman–Crippen LogP) is 3.23. The molecule has 2 aliphatic heterocycles. The van der Waals surface area contributed by atoms with Crippen molar-refractivity contribution >= 4 is 16.7 Å². The minimum Gasteiger partial charge on any atom is -0.361 e. The Kier molecular flexibility index (Phi) is 2.68. The molecule has 1 fully saturated rings. The van der Waals surface area contributed by atoms with Gasteiger partial charge in [0, 0.05) is 36.9 Å². The summed E-state index contributed by atoms with van der Waals surface area (Å²) in [6.07, 6.45) is 4.41. The summed E-state index contributed by atoms with van der Waals surface area (Å²) in [4.78, 5) is 18.6. The number of piperidine rings is 1. The van der Waals surface area contributed by atoms with Gasteiger partial charge in [0.25, 0.3) is 5.56 Å². The van der Waals surface area contributed by atoms with E-state index in [2.05, 4.69) is 22.0 Å². The molecule has 1 N–H and O–H groups in total. The van der Waals surface area contributed by atoms with E-state index in [4.69, 9.17) is 0 Å². The number of nitrogens with one attached hydrogen (secondary N) is 1. The lowest BCUT2D eigenvalue weighted by atomic mass is 9.95. The van der Waals surface area contributed by atoms with Crippen LogP contribution in [0.1, 0.15) is 12.8 Å². The van der Waals surface area contributed by atoms with E-state index in [1.54, 1.807) is 0 Å². The van der Waals surface area contributed by atoms with Crippen LogP contribution in [-0.4, -0.2) is 22.6 Å². The smallest absolute Gasteiger partial charge is 0.259 e. The highest BCUT2D eigenvalue weighted by atomic mass is 16.1. The van der Waals surface area contributed by atoms with Gasteiger partial charge < -0.3 is 9.88 Å². The highest BCUT2D eigenvalue weighted by molar-refractivity contribution is 5.85. The molecule has 0 saturated carbocycles. The van der Waals surface area contributed by atoms with Crippen molar-refractivity contribution in [3.63, 3.8) is 0 Å². The van der Waals surface area contributed by atoms with Gasteiger partial charge in [-0.15, -0.1) is 0 Å². The summed E-state index contributed by atoms with van der Waals surface area (Å²) in [5.41, 5.74) is 3.06. The number of fused-ring (bicyclic) bond motifs is 5. The van der Waals surface area contributed by atoms with Crippen molar-refractivity contribution in [2.24, 2.45) is 5.92 Å². The van der Waals surface area contributed by atoms with E-state index < -0.39 is 0 Å². The Balaban J connectivity index is 1.67. The molecule has 1 atom stereocenters. The summed E-state index contributed by atoms with van der Waals surface area (Å²) in [6, 6.07) is 12.3. The number of aromatic amines is 1. The second-order valence-corrected chi connectivity index (χ2v) is 6.75. The highest BCUT2D eigenvalue weighted by Gasteiger charge is 2.28. The molecule has 23 heavy (non-hydrogen) atoms. The average molecular weight is 305 g/mol. The van der Waals surface area contributed by atoms with Crippen molar-refractivity contribution in [2.75, 3.05) is 18.0 Å². The van der Waals surface area contributed by atoms with Crippen LogP contribution < -0.4 is 10.5 Å².